The first-order valence-corrected chi connectivity index (χ1v) is 10.8. The number of sulfonamides is 1. The molecular formula is C19H20ClN3O4S. The van der Waals surface area contributed by atoms with Crippen LogP contribution in [0.2, 0.25) is 5.15 Å². The molecule has 0 radical (unpaired) electrons. The Kier molecular flexibility index (Phi) is 4.95. The molecule has 0 saturated carbocycles. The summed E-state index contributed by atoms with van der Waals surface area (Å²) in [5.74, 6) is 1.25. The summed E-state index contributed by atoms with van der Waals surface area (Å²) < 4.78 is 41.8. The number of benzene rings is 1. The number of rotatable bonds is 5. The van der Waals surface area contributed by atoms with E-state index in [1.807, 2.05) is 26.0 Å². The van der Waals surface area contributed by atoms with E-state index in [1.54, 1.807) is 30.5 Å². The van der Waals surface area contributed by atoms with Crippen molar-refractivity contribution >= 4 is 27.3 Å². The summed E-state index contributed by atoms with van der Waals surface area (Å²) in [5, 5.41) is -0.142. The highest BCUT2D eigenvalue weighted by Crippen LogP contribution is 2.35. The zero-order valence-corrected chi connectivity index (χ0v) is 17.0. The number of imidazole rings is 1. The van der Waals surface area contributed by atoms with Crippen LogP contribution < -0.4 is 14.2 Å². The fourth-order valence-electron chi connectivity index (χ4n) is 3.25. The first-order chi connectivity index (χ1) is 13.4. The van der Waals surface area contributed by atoms with Crippen molar-refractivity contribution in [1.29, 1.82) is 0 Å². The van der Waals surface area contributed by atoms with Gasteiger partial charge in [0, 0.05) is 12.2 Å². The number of halogens is 1. The van der Waals surface area contributed by atoms with Crippen LogP contribution >= 0.6 is 11.6 Å². The second-order valence-electron chi connectivity index (χ2n) is 6.88. The SMILES string of the molecule is CC(C)[C@@H](NS(=O)(=O)c1c(Cl)nc2ccccn12)c1ccc2c(c1)OCCO2. The van der Waals surface area contributed by atoms with Crippen molar-refractivity contribution in [1.82, 2.24) is 14.1 Å². The third-order valence-corrected chi connectivity index (χ3v) is 6.41. The summed E-state index contributed by atoms with van der Waals surface area (Å²) in [4.78, 5) is 4.13. The van der Waals surface area contributed by atoms with E-state index in [-0.39, 0.29) is 16.1 Å². The third-order valence-electron chi connectivity index (χ3n) is 4.58. The minimum atomic E-state index is -3.94. The van der Waals surface area contributed by atoms with E-state index >= 15 is 0 Å². The minimum Gasteiger partial charge on any atom is -0.486 e. The van der Waals surface area contributed by atoms with Gasteiger partial charge in [-0.1, -0.05) is 37.6 Å². The molecule has 148 valence electrons. The van der Waals surface area contributed by atoms with E-state index in [0.717, 1.165) is 5.56 Å². The monoisotopic (exact) mass is 421 g/mol. The summed E-state index contributed by atoms with van der Waals surface area (Å²) in [6, 6.07) is 10.2. The number of pyridine rings is 1. The smallest absolute Gasteiger partial charge is 0.260 e. The Morgan fingerprint density at radius 3 is 2.64 bits per heavy atom. The fraction of sp³-hybridized carbons (Fsp3) is 0.316. The molecule has 0 aliphatic carbocycles. The predicted octanol–water partition coefficient (Wildman–Crippen LogP) is 3.43. The molecule has 1 aromatic carbocycles. The number of nitrogens with zero attached hydrogens (tertiary/aromatic N) is 2. The molecule has 0 spiro atoms. The van der Waals surface area contributed by atoms with Gasteiger partial charge in [0.15, 0.2) is 21.7 Å². The Morgan fingerprint density at radius 2 is 1.89 bits per heavy atom. The molecule has 1 aliphatic heterocycles. The Bertz CT molecular complexity index is 1130. The third kappa shape index (κ3) is 3.43. The van der Waals surface area contributed by atoms with Crippen LogP contribution in [0.25, 0.3) is 5.65 Å². The lowest BCUT2D eigenvalue weighted by Crippen LogP contribution is -2.32. The van der Waals surface area contributed by atoms with Gasteiger partial charge in [0.25, 0.3) is 10.0 Å². The van der Waals surface area contributed by atoms with Gasteiger partial charge in [0.1, 0.15) is 18.9 Å². The summed E-state index contributed by atoms with van der Waals surface area (Å²) in [5.41, 5.74) is 1.25. The molecule has 0 amide bonds. The summed E-state index contributed by atoms with van der Waals surface area (Å²) in [6.07, 6.45) is 1.62. The molecule has 1 aliphatic rings. The zero-order chi connectivity index (χ0) is 19.9. The quantitative estimate of drug-likeness (QED) is 0.682. The van der Waals surface area contributed by atoms with Gasteiger partial charge in [-0.25, -0.2) is 18.1 Å². The van der Waals surface area contributed by atoms with E-state index in [2.05, 4.69) is 9.71 Å². The molecule has 1 atom stereocenters. The topological polar surface area (TPSA) is 81.9 Å². The average Bonchev–Trinajstić information content (AvgIpc) is 3.02. The van der Waals surface area contributed by atoms with Crippen LogP contribution in [0, 0.1) is 5.92 Å². The van der Waals surface area contributed by atoms with Gasteiger partial charge in [0.05, 0.1) is 0 Å². The van der Waals surface area contributed by atoms with Crippen LogP contribution in [0.15, 0.2) is 47.6 Å². The van der Waals surface area contributed by atoms with Crippen LogP contribution in [0.4, 0.5) is 0 Å². The van der Waals surface area contributed by atoms with Crippen molar-refractivity contribution in [2.24, 2.45) is 5.92 Å². The fourth-order valence-corrected chi connectivity index (χ4v) is 5.27. The molecule has 9 heteroatoms. The Labute approximate surface area is 168 Å². The van der Waals surface area contributed by atoms with Crippen molar-refractivity contribution < 1.29 is 17.9 Å². The van der Waals surface area contributed by atoms with Crippen LogP contribution in [0.3, 0.4) is 0 Å². The Morgan fingerprint density at radius 1 is 1.14 bits per heavy atom. The Balaban J connectivity index is 1.72. The minimum absolute atomic E-state index is 0.0182. The first kappa shape index (κ1) is 19.0. The highest BCUT2D eigenvalue weighted by Gasteiger charge is 2.30. The summed E-state index contributed by atoms with van der Waals surface area (Å²) in [6.45, 7) is 4.85. The van der Waals surface area contributed by atoms with Crippen molar-refractivity contribution in [3.63, 3.8) is 0 Å². The van der Waals surface area contributed by atoms with Crippen molar-refractivity contribution in [3.8, 4) is 11.5 Å². The van der Waals surface area contributed by atoms with Gasteiger partial charge in [-0.15, -0.1) is 0 Å². The molecule has 1 N–H and O–H groups in total. The molecule has 2 aromatic heterocycles. The van der Waals surface area contributed by atoms with Crippen molar-refractivity contribution in [2.45, 2.75) is 24.9 Å². The van der Waals surface area contributed by atoms with E-state index in [1.165, 1.54) is 4.40 Å². The molecule has 0 fully saturated rings. The molecule has 28 heavy (non-hydrogen) atoms. The van der Waals surface area contributed by atoms with E-state index in [4.69, 9.17) is 21.1 Å². The number of hydrogen-bond acceptors (Lipinski definition) is 5. The number of ether oxygens (including phenoxy) is 2. The van der Waals surface area contributed by atoms with Crippen molar-refractivity contribution in [3.05, 3.63) is 53.3 Å². The van der Waals surface area contributed by atoms with Crippen LogP contribution in [0.5, 0.6) is 11.5 Å². The van der Waals surface area contributed by atoms with Gasteiger partial charge in [-0.2, -0.15) is 0 Å². The van der Waals surface area contributed by atoms with E-state index in [9.17, 15) is 8.42 Å². The largest absolute Gasteiger partial charge is 0.486 e. The number of nitrogens with one attached hydrogen (secondary N) is 1. The zero-order valence-electron chi connectivity index (χ0n) is 15.4. The molecule has 0 saturated heterocycles. The molecule has 3 heterocycles. The van der Waals surface area contributed by atoms with Crippen LogP contribution in [-0.2, 0) is 10.0 Å². The second kappa shape index (κ2) is 7.27. The standard InChI is InChI=1S/C19H20ClN3O4S/c1-12(2)17(13-6-7-14-15(11-13)27-10-9-26-14)22-28(24,25)19-18(20)21-16-5-3-4-8-23(16)19/h3-8,11-12,17,22H,9-10H2,1-2H3/t17-/m1/s1. The lowest BCUT2D eigenvalue weighted by Gasteiger charge is -2.25. The lowest BCUT2D eigenvalue weighted by molar-refractivity contribution is 0.171. The Hall–Kier alpha value is -2.29. The van der Waals surface area contributed by atoms with Gasteiger partial charge >= 0.3 is 0 Å². The molecule has 7 nitrogen and oxygen atoms in total. The highest BCUT2D eigenvalue weighted by atomic mass is 35.5. The van der Waals surface area contributed by atoms with Crippen molar-refractivity contribution in [2.75, 3.05) is 13.2 Å². The number of hydrogen-bond donors (Lipinski definition) is 1. The van der Waals surface area contributed by atoms with Gasteiger partial charge < -0.3 is 9.47 Å². The second-order valence-corrected chi connectivity index (χ2v) is 8.87. The molecule has 3 aromatic rings. The molecular weight excluding hydrogens is 402 g/mol. The van der Waals surface area contributed by atoms with E-state index in [0.29, 0.717) is 30.4 Å². The van der Waals surface area contributed by atoms with Crippen LogP contribution in [-0.4, -0.2) is 31.0 Å². The van der Waals surface area contributed by atoms with E-state index < -0.39 is 16.1 Å². The maximum Gasteiger partial charge on any atom is 0.260 e. The van der Waals surface area contributed by atoms with Crippen LogP contribution in [0.1, 0.15) is 25.5 Å². The summed E-state index contributed by atoms with van der Waals surface area (Å²) >= 11 is 6.17. The number of fused-ring (bicyclic) bond motifs is 2. The normalized spacial score (nSPS) is 15.1. The maximum atomic E-state index is 13.2. The molecule has 0 bridgehead atoms. The van der Waals surface area contributed by atoms with Gasteiger partial charge in [-0.05, 0) is 35.7 Å². The maximum absolute atomic E-state index is 13.2. The van der Waals surface area contributed by atoms with Gasteiger partial charge in [0.2, 0.25) is 0 Å². The molecule has 0 unspecified atom stereocenters. The first-order valence-electron chi connectivity index (χ1n) is 8.91. The number of aromatic nitrogens is 2. The lowest BCUT2D eigenvalue weighted by atomic mass is 9.97. The van der Waals surface area contributed by atoms with Gasteiger partial charge in [-0.3, -0.25) is 4.40 Å². The summed E-state index contributed by atoms with van der Waals surface area (Å²) in [7, 11) is -3.94. The predicted molar refractivity (Wildman–Crippen MR) is 106 cm³/mol. The average molecular weight is 422 g/mol. The molecule has 4 rings (SSSR count). The highest BCUT2D eigenvalue weighted by molar-refractivity contribution is 7.89.